The second-order valence-electron chi connectivity index (χ2n) is 6.30. The minimum absolute atomic E-state index is 0.0833. The smallest absolute Gasteiger partial charge is 0.410 e. The van der Waals surface area contributed by atoms with Gasteiger partial charge in [-0.1, -0.05) is 0 Å². The van der Waals surface area contributed by atoms with Crippen molar-refractivity contribution in [2.24, 2.45) is 0 Å². The first-order valence-electron chi connectivity index (χ1n) is 6.95. The number of carbonyl (C=O) groups is 1. The van der Waals surface area contributed by atoms with Gasteiger partial charge in [-0.3, -0.25) is 0 Å². The lowest BCUT2D eigenvalue weighted by atomic mass is 10.0. The maximum Gasteiger partial charge on any atom is 0.410 e. The molecule has 1 aromatic heterocycles. The number of nitrogens with zero attached hydrogens (tertiary/aromatic N) is 2. The van der Waals surface area contributed by atoms with Crippen molar-refractivity contribution in [3.63, 3.8) is 0 Å². The van der Waals surface area contributed by atoms with Crippen LogP contribution in [0.2, 0.25) is 0 Å². The van der Waals surface area contributed by atoms with Crippen LogP contribution >= 0.6 is 0 Å². The standard InChI is InChI=1S/C15H22N2O3/c1-11-6-5-7-13(17(11)19)12-8-9-16(10-12)14(18)20-15(2,3)4/h5-7,12H,8-10H2,1-4H3. The minimum Gasteiger partial charge on any atom is -0.618 e. The number of amides is 1. The summed E-state index contributed by atoms with van der Waals surface area (Å²) < 4.78 is 6.32. The van der Waals surface area contributed by atoms with Crippen molar-refractivity contribution in [3.8, 4) is 0 Å². The summed E-state index contributed by atoms with van der Waals surface area (Å²) in [4.78, 5) is 13.7. The number of ether oxygens (including phenoxy) is 1. The third kappa shape index (κ3) is 3.21. The summed E-state index contributed by atoms with van der Waals surface area (Å²) in [6, 6.07) is 5.51. The molecule has 0 saturated carbocycles. The first-order chi connectivity index (χ1) is 9.28. The Balaban J connectivity index is 2.06. The largest absolute Gasteiger partial charge is 0.618 e. The average Bonchev–Trinajstić information content (AvgIpc) is 2.80. The molecule has 2 rings (SSSR count). The normalized spacial score (nSPS) is 19.2. The third-order valence-corrected chi connectivity index (χ3v) is 3.42. The Morgan fingerprint density at radius 2 is 2.15 bits per heavy atom. The summed E-state index contributed by atoms with van der Waals surface area (Å²) in [7, 11) is 0. The molecular weight excluding hydrogens is 256 g/mol. The average molecular weight is 278 g/mol. The monoisotopic (exact) mass is 278 g/mol. The highest BCUT2D eigenvalue weighted by Crippen LogP contribution is 2.26. The van der Waals surface area contributed by atoms with Crippen molar-refractivity contribution in [2.75, 3.05) is 13.1 Å². The zero-order valence-electron chi connectivity index (χ0n) is 12.5. The number of carbonyl (C=O) groups excluding carboxylic acids is 1. The van der Waals surface area contributed by atoms with Gasteiger partial charge in [-0.2, -0.15) is 4.73 Å². The molecule has 5 nitrogen and oxygen atoms in total. The molecule has 1 aliphatic heterocycles. The number of aromatic nitrogens is 1. The fraction of sp³-hybridized carbons (Fsp3) is 0.600. The van der Waals surface area contributed by atoms with E-state index in [0.29, 0.717) is 18.8 Å². The summed E-state index contributed by atoms with van der Waals surface area (Å²) in [5.74, 6) is 0.0833. The van der Waals surface area contributed by atoms with Crippen LogP contribution < -0.4 is 4.73 Å². The Morgan fingerprint density at radius 1 is 1.45 bits per heavy atom. The Bertz CT molecular complexity index is 508. The van der Waals surface area contributed by atoms with Crippen molar-refractivity contribution in [1.29, 1.82) is 0 Å². The van der Waals surface area contributed by atoms with E-state index < -0.39 is 5.60 Å². The number of likely N-dealkylation sites (tertiary alicyclic amines) is 1. The zero-order chi connectivity index (χ0) is 14.9. The van der Waals surface area contributed by atoms with Gasteiger partial charge in [0.25, 0.3) is 0 Å². The molecule has 5 heteroatoms. The number of aryl methyl sites for hydroxylation is 1. The van der Waals surface area contributed by atoms with E-state index in [-0.39, 0.29) is 12.0 Å². The molecule has 1 atom stereocenters. The van der Waals surface area contributed by atoms with Gasteiger partial charge in [-0.05, 0) is 33.3 Å². The van der Waals surface area contributed by atoms with Crippen LogP contribution in [0.3, 0.4) is 0 Å². The van der Waals surface area contributed by atoms with E-state index in [4.69, 9.17) is 4.74 Å². The Hall–Kier alpha value is -1.78. The Morgan fingerprint density at radius 3 is 2.80 bits per heavy atom. The van der Waals surface area contributed by atoms with Crippen molar-refractivity contribution in [1.82, 2.24) is 4.90 Å². The van der Waals surface area contributed by atoms with Crippen molar-refractivity contribution < 1.29 is 14.3 Å². The molecule has 1 aliphatic rings. The van der Waals surface area contributed by atoms with Gasteiger partial charge in [-0.25, -0.2) is 4.79 Å². The lowest BCUT2D eigenvalue weighted by Gasteiger charge is -2.24. The van der Waals surface area contributed by atoms with Gasteiger partial charge >= 0.3 is 6.09 Å². The van der Waals surface area contributed by atoms with Gasteiger partial charge in [0.05, 0.1) is 5.92 Å². The maximum absolute atomic E-state index is 12.0. The fourth-order valence-electron chi connectivity index (χ4n) is 2.42. The Kier molecular flexibility index (Phi) is 3.88. The molecule has 1 saturated heterocycles. The van der Waals surface area contributed by atoms with E-state index in [2.05, 4.69) is 0 Å². The van der Waals surface area contributed by atoms with Gasteiger partial charge in [-0.15, -0.1) is 0 Å². The topological polar surface area (TPSA) is 56.5 Å². The summed E-state index contributed by atoms with van der Waals surface area (Å²) in [5, 5.41) is 12.0. The predicted molar refractivity (Wildman–Crippen MR) is 75.3 cm³/mol. The van der Waals surface area contributed by atoms with E-state index in [1.54, 1.807) is 17.9 Å². The molecule has 0 radical (unpaired) electrons. The molecule has 20 heavy (non-hydrogen) atoms. The van der Waals surface area contributed by atoms with Crippen LogP contribution in [-0.2, 0) is 4.74 Å². The summed E-state index contributed by atoms with van der Waals surface area (Å²) in [5.41, 5.74) is 0.922. The summed E-state index contributed by atoms with van der Waals surface area (Å²) in [6.07, 6.45) is 0.496. The van der Waals surface area contributed by atoms with Crippen LogP contribution in [0, 0.1) is 12.1 Å². The molecule has 0 N–H and O–H groups in total. The molecule has 0 aromatic carbocycles. The van der Waals surface area contributed by atoms with Crippen LogP contribution in [0.15, 0.2) is 18.2 Å². The molecule has 0 bridgehead atoms. The molecule has 1 amide bonds. The highest BCUT2D eigenvalue weighted by Gasteiger charge is 2.34. The molecule has 110 valence electrons. The molecule has 1 unspecified atom stereocenters. The van der Waals surface area contributed by atoms with Gasteiger partial charge in [0.1, 0.15) is 5.60 Å². The first-order valence-corrected chi connectivity index (χ1v) is 6.95. The fourth-order valence-corrected chi connectivity index (χ4v) is 2.42. The van der Waals surface area contributed by atoms with Crippen LogP contribution in [0.5, 0.6) is 0 Å². The van der Waals surface area contributed by atoms with Crippen molar-refractivity contribution in [2.45, 2.75) is 45.6 Å². The van der Waals surface area contributed by atoms with E-state index >= 15 is 0 Å². The van der Waals surface area contributed by atoms with Crippen molar-refractivity contribution in [3.05, 3.63) is 34.8 Å². The lowest BCUT2D eigenvalue weighted by Crippen LogP contribution is -2.38. The summed E-state index contributed by atoms with van der Waals surface area (Å²) in [6.45, 7) is 8.52. The van der Waals surface area contributed by atoms with Gasteiger partial charge in [0.2, 0.25) is 0 Å². The van der Waals surface area contributed by atoms with E-state index in [9.17, 15) is 10.0 Å². The highest BCUT2D eigenvalue weighted by molar-refractivity contribution is 5.68. The number of pyridine rings is 1. The predicted octanol–water partition coefficient (Wildman–Crippen LogP) is 2.35. The van der Waals surface area contributed by atoms with E-state index in [1.807, 2.05) is 32.9 Å². The first kappa shape index (κ1) is 14.6. The van der Waals surface area contributed by atoms with E-state index in [0.717, 1.165) is 16.8 Å². The Labute approximate surface area is 119 Å². The van der Waals surface area contributed by atoms with Crippen molar-refractivity contribution >= 4 is 6.09 Å². The molecule has 1 fully saturated rings. The SMILES string of the molecule is Cc1cccc(C2CCN(C(=O)OC(C)(C)C)C2)[n+]1[O-]. The van der Waals surface area contributed by atoms with Crippen LogP contribution in [0.4, 0.5) is 4.79 Å². The highest BCUT2D eigenvalue weighted by atomic mass is 16.6. The second-order valence-corrected chi connectivity index (χ2v) is 6.30. The zero-order valence-corrected chi connectivity index (χ0v) is 12.5. The van der Waals surface area contributed by atoms with Crippen LogP contribution in [-0.4, -0.2) is 29.7 Å². The lowest BCUT2D eigenvalue weighted by molar-refractivity contribution is -0.622. The molecular formula is C15H22N2O3. The molecule has 2 heterocycles. The maximum atomic E-state index is 12.0. The van der Waals surface area contributed by atoms with Crippen LogP contribution in [0.1, 0.15) is 44.5 Å². The van der Waals surface area contributed by atoms with Gasteiger partial charge in [0, 0.05) is 32.1 Å². The minimum atomic E-state index is -0.489. The third-order valence-electron chi connectivity index (χ3n) is 3.42. The number of hydrogen-bond donors (Lipinski definition) is 0. The molecule has 0 spiro atoms. The second kappa shape index (κ2) is 5.31. The molecule has 0 aliphatic carbocycles. The summed E-state index contributed by atoms with van der Waals surface area (Å²) >= 11 is 0. The van der Waals surface area contributed by atoms with Gasteiger partial charge in [0.15, 0.2) is 11.4 Å². The number of hydrogen-bond acceptors (Lipinski definition) is 3. The quantitative estimate of drug-likeness (QED) is 0.585. The van der Waals surface area contributed by atoms with Gasteiger partial charge < -0.3 is 14.8 Å². The molecule has 1 aromatic rings. The van der Waals surface area contributed by atoms with E-state index in [1.165, 1.54) is 0 Å². The number of rotatable bonds is 1. The van der Waals surface area contributed by atoms with Crippen LogP contribution in [0.25, 0.3) is 0 Å².